The third-order valence-corrected chi connectivity index (χ3v) is 5.45. The van der Waals surface area contributed by atoms with Crippen LogP contribution in [0.1, 0.15) is 18.1 Å². The molecule has 3 aromatic rings. The molecule has 7 nitrogen and oxygen atoms in total. The summed E-state index contributed by atoms with van der Waals surface area (Å²) < 4.78 is 3.36. The van der Waals surface area contributed by atoms with Crippen molar-refractivity contribution in [2.45, 2.75) is 32.5 Å². The molecule has 0 spiro atoms. The number of amides is 1. The molecule has 1 aromatic carbocycles. The van der Waals surface area contributed by atoms with Crippen molar-refractivity contribution in [2.24, 2.45) is 7.05 Å². The van der Waals surface area contributed by atoms with Gasteiger partial charge in [-0.2, -0.15) is 0 Å². The molecular formula is C20H23N5O2S. The Morgan fingerprint density at radius 2 is 2.00 bits per heavy atom. The number of carbonyl (C=O) groups excluding carboxylic acids is 1. The van der Waals surface area contributed by atoms with E-state index in [1.54, 1.807) is 28.4 Å². The number of nitrogens with zero attached hydrogens (tertiary/aromatic N) is 4. The summed E-state index contributed by atoms with van der Waals surface area (Å²) in [5, 5.41) is 11.8. The molecule has 0 aliphatic rings. The number of anilines is 1. The van der Waals surface area contributed by atoms with Gasteiger partial charge in [0.1, 0.15) is 0 Å². The van der Waals surface area contributed by atoms with Gasteiger partial charge in [-0.25, -0.2) is 0 Å². The van der Waals surface area contributed by atoms with Crippen molar-refractivity contribution in [3.05, 3.63) is 58.0 Å². The molecule has 0 aliphatic carbocycles. The monoisotopic (exact) mass is 397 g/mol. The highest BCUT2D eigenvalue weighted by Gasteiger charge is 2.16. The fourth-order valence-corrected chi connectivity index (χ4v) is 3.61. The van der Waals surface area contributed by atoms with Crippen LogP contribution in [0.25, 0.3) is 11.4 Å². The zero-order valence-corrected chi connectivity index (χ0v) is 17.2. The SMILES string of the molecule is CCn1cccc(-c2nnc(SCC(=O)Nc3ccc(C)cc3C)n2C)c1=O. The smallest absolute Gasteiger partial charge is 0.261 e. The quantitative estimate of drug-likeness (QED) is 0.647. The average Bonchev–Trinajstić information content (AvgIpc) is 3.03. The molecule has 3 rings (SSSR count). The van der Waals surface area contributed by atoms with E-state index in [4.69, 9.17) is 0 Å². The minimum atomic E-state index is -0.116. The molecule has 0 fully saturated rings. The summed E-state index contributed by atoms with van der Waals surface area (Å²) in [5.74, 6) is 0.576. The first-order valence-corrected chi connectivity index (χ1v) is 9.98. The Morgan fingerprint density at radius 3 is 2.71 bits per heavy atom. The molecule has 146 valence electrons. The summed E-state index contributed by atoms with van der Waals surface area (Å²) in [7, 11) is 1.79. The van der Waals surface area contributed by atoms with Gasteiger partial charge in [-0.05, 0) is 44.5 Å². The van der Waals surface area contributed by atoms with Gasteiger partial charge in [0.15, 0.2) is 11.0 Å². The lowest BCUT2D eigenvalue weighted by Crippen LogP contribution is -2.20. The minimum absolute atomic E-state index is 0.107. The lowest BCUT2D eigenvalue weighted by Gasteiger charge is -2.09. The molecule has 0 aliphatic heterocycles. The van der Waals surface area contributed by atoms with Gasteiger partial charge in [-0.15, -0.1) is 10.2 Å². The maximum Gasteiger partial charge on any atom is 0.261 e. The van der Waals surface area contributed by atoms with E-state index in [2.05, 4.69) is 15.5 Å². The van der Waals surface area contributed by atoms with Gasteiger partial charge in [-0.1, -0.05) is 29.5 Å². The zero-order chi connectivity index (χ0) is 20.3. The molecule has 1 amide bonds. The standard InChI is InChI=1S/C20H23N5O2S/c1-5-25-10-6-7-15(19(25)27)18-22-23-20(24(18)4)28-12-17(26)21-16-9-8-13(2)11-14(16)3/h6-11H,5,12H2,1-4H3,(H,21,26). The maximum absolute atomic E-state index is 12.5. The Bertz CT molecular complexity index is 1070. The molecule has 0 atom stereocenters. The number of hydrogen-bond donors (Lipinski definition) is 1. The summed E-state index contributed by atoms with van der Waals surface area (Å²) in [4.78, 5) is 24.8. The first kappa shape index (κ1) is 19.9. The van der Waals surface area contributed by atoms with Crippen molar-refractivity contribution in [2.75, 3.05) is 11.1 Å². The fraction of sp³-hybridized carbons (Fsp3) is 0.300. The second kappa shape index (κ2) is 8.43. The molecule has 0 saturated heterocycles. The van der Waals surface area contributed by atoms with Crippen LogP contribution < -0.4 is 10.9 Å². The van der Waals surface area contributed by atoms with E-state index in [-0.39, 0.29) is 17.2 Å². The van der Waals surface area contributed by atoms with E-state index in [0.717, 1.165) is 16.8 Å². The number of carbonyl (C=O) groups is 1. The summed E-state index contributed by atoms with van der Waals surface area (Å²) in [6.07, 6.45) is 1.75. The number of rotatable bonds is 6. The van der Waals surface area contributed by atoms with Crippen molar-refractivity contribution in [1.82, 2.24) is 19.3 Å². The van der Waals surface area contributed by atoms with Gasteiger partial charge in [0.05, 0.1) is 11.3 Å². The Labute approximate surface area is 167 Å². The maximum atomic E-state index is 12.5. The van der Waals surface area contributed by atoms with Crippen LogP contribution in [0.4, 0.5) is 5.69 Å². The number of aryl methyl sites for hydroxylation is 3. The Morgan fingerprint density at radius 1 is 1.21 bits per heavy atom. The van der Waals surface area contributed by atoms with Crippen molar-refractivity contribution in [1.29, 1.82) is 0 Å². The molecular weight excluding hydrogens is 374 g/mol. The molecule has 2 aromatic heterocycles. The number of pyridine rings is 1. The number of aromatic nitrogens is 4. The van der Waals surface area contributed by atoms with Gasteiger partial charge in [0.25, 0.3) is 5.56 Å². The third kappa shape index (κ3) is 4.17. The first-order valence-electron chi connectivity index (χ1n) is 8.99. The Hall–Kier alpha value is -2.87. The molecule has 8 heteroatoms. The second-order valence-corrected chi connectivity index (χ2v) is 7.48. The Balaban J connectivity index is 1.71. The third-order valence-electron chi connectivity index (χ3n) is 4.43. The van der Waals surface area contributed by atoms with Gasteiger partial charge in [-0.3, -0.25) is 9.59 Å². The van der Waals surface area contributed by atoms with Crippen LogP contribution >= 0.6 is 11.8 Å². The number of benzene rings is 1. The molecule has 0 unspecified atom stereocenters. The molecule has 0 bridgehead atoms. The van der Waals surface area contributed by atoms with Gasteiger partial charge >= 0.3 is 0 Å². The van der Waals surface area contributed by atoms with E-state index in [0.29, 0.717) is 23.1 Å². The van der Waals surface area contributed by atoms with Crippen LogP contribution in [0.2, 0.25) is 0 Å². The summed E-state index contributed by atoms with van der Waals surface area (Å²) in [6.45, 7) is 6.48. The van der Waals surface area contributed by atoms with Crippen molar-refractivity contribution >= 4 is 23.4 Å². The molecule has 0 saturated carbocycles. The highest BCUT2D eigenvalue weighted by molar-refractivity contribution is 7.99. The van der Waals surface area contributed by atoms with Crippen LogP contribution in [0.15, 0.2) is 46.5 Å². The molecule has 1 N–H and O–H groups in total. The summed E-state index contributed by atoms with van der Waals surface area (Å²) in [5.41, 5.74) is 3.37. The minimum Gasteiger partial charge on any atom is -0.325 e. The van der Waals surface area contributed by atoms with Crippen molar-refractivity contribution in [3.63, 3.8) is 0 Å². The van der Waals surface area contributed by atoms with Crippen LogP contribution in [-0.4, -0.2) is 31.0 Å². The van der Waals surface area contributed by atoms with Crippen LogP contribution in [-0.2, 0) is 18.4 Å². The van der Waals surface area contributed by atoms with Gasteiger partial charge in [0, 0.05) is 25.5 Å². The van der Waals surface area contributed by atoms with Crippen LogP contribution in [0, 0.1) is 13.8 Å². The lowest BCUT2D eigenvalue weighted by molar-refractivity contribution is -0.113. The van der Waals surface area contributed by atoms with E-state index < -0.39 is 0 Å². The van der Waals surface area contributed by atoms with E-state index in [1.165, 1.54) is 11.8 Å². The number of hydrogen-bond acceptors (Lipinski definition) is 5. The van der Waals surface area contributed by atoms with Crippen LogP contribution in [0.3, 0.4) is 0 Å². The summed E-state index contributed by atoms with van der Waals surface area (Å²) in [6, 6.07) is 9.45. The largest absolute Gasteiger partial charge is 0.325 e. The first-order chi connectivity index (χ1) is 13.4. The summed E-state index contributed by atoms with van der Waals surface area (Å²) >= 11 is 1.28. The highest BCUT2D eigenvalue weighted by atomic mass is 32.2. The fourth-order valence-electron chi connectivity index (χ4n) is 2.90. The lowest BCUT2D eigenvalue weighted by atomic mass is 10.1. The van der Waals surface area contributed by atoms with Crippen molar-refractivity contribution < 1.29 is 4.79 Å². The molecule has 28 heavy (non-hydrogen) atoms. The van der Waals surface area contributed by atoms with Crippen molar-refractivity contribution in [3.8, 4) is 11.4 Å². The second-order valence-electron chi connectivity index (χ2n) is 6.53. The van der Waals surface area contributed by atoms with E-state index in [1.807, 2.05) is 45.0 Å². The number of nitrogens with one attached hydrogen (secondary N) is 1. The average molecular weight is 398 g/mol. The zero-order valence-electron chi connectivity index (χ0n) is 16.4. The molecule has 0 radical (unpaired) electrons. The normalized spacial score (nSPS) is 10.9. The predicted octanol–water partition coefficient (Wildman–Crippen LogP) is 3.01. The van der Waals surface area contributed by atoms with Crippen LogP contribution in [0.5, 0.6) is 0 Å². The highest BCUT2D eigenvalue weighted by Crippen LogP contribution is 2.21. The van der Waals surface area contributed by atoms with Gasteiger partial charge < -0.3 is 14.5 Å². The number of thioether (sulfide) groups is 1. The Kier molecular flexibility index (Phi) is 5.99. The topological polar surface area (TPSA) is 81.8 Å². The van der Waals surface area contributed by atoms with E-state index >= 15 is 0 Å². The molecule has 2 heterocycles. The predicted molar refractivity (Wildman–Crippen MR) is 112 cm³/mol. The van der Waals surface area contributed by atoms with E-state index in [9.17, 15) is 9.59 Å². The van der Waals surface area contributed by atoms with Gasteiger partial charge in [0.2, 0.25) is 5.91 Å².